The van der Waals surface area contributed by atoms with Gasteiger partial charge in [-0.05, 0) is 24.6 Å². The van der Waals surface area contributed by atoms with Gasteiger partial charge in [-0.25, -0.2) is 5.90 Å². The highest BCUT2D eigenvalue weighted by Gasteiger charge is 2.33. The standard InChI is InChI=1S/C9H9ClF3NO/c1-5(15-14)6-2-3-7(8(10)4-6)9(11,12)13/h2-5H,14H2,1H3. The van der Waals surface area contributed by atoms with Crippen molar-refractivity contribution >= 4 is 11.6 Å². The number of hydrogen-bond donors (Lipinski definition) is 1. The predicted octanol–water partition coefficient (Wildman–Crippen LogP) is 3.31. The Morgan fingerprint density at radius 1 is 1.40 bits per heavy atom. The Labute approximate surface area is 89.7 Å². The first-order valence-electron chi connectivity index (χ1n) is 4.08. The highest BCUT2D eigenvalue weighted by Crippen LogP contribution is 2.35. The van der Waals surface area contributed by atoms with Crippen LogP contribution in [0.2, 0.25) is 5.02 Å². The van der Waals surface area contributed by atoms with Gasteiger partial charge in [0, 0.05) is 0 Å². The van der Waals surface area contributed by atoms with Crippen LogP contribution in [0.1, 0.15) is 24.2 Å². The summed E-state index contributed by atoms with van der Waals surface area (Å²) in [6.07, 6.45) is -4.94. The minimum Gasteiger partial charge on any atom is -0.297 e. The molecule has 1 aromatic rings. The lowest BCUT2D eigenvalue weighted by Crippen LogP contribution is -2.09. The predicted molar refractivity (Wildman–Crippen MR) is 50.1 cm³/mol. The Morgan fingerprint density at radius 2 is 2.00 bits per heavy atom. The summed E-state index contributed by atoms with van der Waals surface area (Å²) in [5.74, 6) is 4.91. The third kappa shape index (κ3) is 2.84. The summed E-state index contributed by atoms with van der Waals surface area (Å²) in [6, 6.07) is 3.39. The van der Waals surface area contributed by atoms with Crippen molar-refractivity contribution in [2.75, 3.05) is 0 Å². The quantitative estimate of drug-likeness (QED) is 0.804. The molecule has 0 amide bonds. The first-order chi connectivity index (χ1) is 6.86. The number of hydrogen-bond acceptors (Lipinski definition) is 2. The molecule has 0 saturated heterocycles. The van der Waals surface area contributed by atoms with E-state index in [2.05, 4.69) is 4.84 Å². The molecular formula is C9H9ClF3NO. The third-order valence-corrected chi connectivity index (χ3v) is 2.28. The molecule has 0 spiro atoms. The van der Waals surface area contributed by atoms with E-state index in [4.69, 9.17) is 17.5 Å². The van der Waals surface area contributed by atoms with Crippen molar-refractivity contribution in [2.24, 2.45) is 5.90 Å². The fourth-order valence-corrected chi connectivity index (χ4v) is 1.39. The van der Waals surface area contributed by atoms with E-state index < -0.39 is 17.8 Å². The molecule has 0 bridgehead atoms. The second kappa shape index (κ2) is 4.38. The smallest absolute Gasteiger partial charge is 0.297 e. The minimum absolute atomic E-state index is 0.357. The number of halogens is 4. The van der Waals surface area contributed by atoms with Crippen molar-refractivity contribution < 1.29 is 18.0 Å². The van der Waals surface area contributed by atoms with Crippen LogP contribution in [0.25, 0.3) is 0 Å². The summed E-state index contributed by atoms with van der Waals surface area (Å²) in [5, 5.41) is -0.357. The molecule has 15 heavy (non-hydrogen) atoms. The van der Waals surface area contributed by atoms with Gasteiger partial charge in [-0.3, -0.25) is 4.84 Å². The number of alkyl halides is 3. The molecule has 6 heteroatoms. The molecule has 1 rings (SSSR count). The number of rotatable bonds is 2. The summed E-state index contributed by atoms with van der Waals surface area (Å²) in [6.45, 7) is 1.61. The molecule has 0 fully saturated rings. The SMILES string of the molecule is CC(ON)c1ccc(C(F)(F)F)c(Cl)c1. The van der Waals surface area contributed by atoms with E-state index in [0.717, 1.165) is 6.07 Å². The fourth-order valence-electron chi connectivity index (χ4n) is 1.09. The van der Waals surface area contributed by atoms with Crippen LogP contribution in [0.3, 0.4) is 0 Å². The van der Waals surface area contributed by atoms with Gasteiger partial charge in [-0.15, -0.1) is 0 Å². The molecule has 0 aromatic heterocycles. The summed E-state index contributed by atoms with van der Waals surface area (Å²) in [5.41, 5.74) is -0.368. The van der Waals surface area contributed by atoms with E-state index in [9.17, 15) is 13.2 Å². The molecule has 0 saturated carbocycles. The lowest BCUT2D eigenvalue weighted by atomic mass is 10.1. The summed E-state index contributed by atoms with van der Waals surface area (Å²) in [4.78, 5) is 4.48. The van der Waals surface area contributed by atoms with Gasteiger partial charge in [-0.2, -0.15) is 13.2 Å². The van der Waals surface area contributed by atoms with Crippen molar-refractivity contribution in [1.82, 2.24) is 0 Å². The minimum atomic E-state index is -4.44. The molecule has 2 nitrogen and oxygen atoms in total. The average molecular weight is 240 g/mol. The maximum atomic E-state index is 12.3. The van der Waals surface area contributed by atoms with Crippen LogP contribution in [0.5, 0.6) is 0 Å². The zero-order chi connectivity index (χ0) is 11.6. The van der Waals surface area contributed by atoms with E-state index in [0.29, 0.717) is 5.56 Å². The Morgan fingerprint density at radius 3 is 2.40 bits per heavy atom. The van der Waals surface area contributed by atoms with E-state index in [1.807, 2.05) is 0 Å². The van der Waals surface area contributed by atoms with E-state index in [1.54, 1.807) is 6.92 Å². The summed E-state index contributed by atoms with van der Waals surface area (Å²) < 4.78 is 37.0. The molecular weight excluding hydrogens is 231 g/mol. The van der Waals surface area contributed by atoms with Gasteiger partial charge in [0.25, 0.3) is 0 Å². The second-order valence-corrected chi connectivity index (χ2v) is 3.42. The zero-order valence-electron chi connectivity index (χ0n) is 7.81. The normalized spacial score (nSPS) is 14.0. The molecule has 1 aromatic carbocycles. The second-order valence-electron chi connectivity index (χ2n) is 3.02. The van der Waals surface area contributed by atoms with Gasteiger partial charge >= 0.3 is 6.18 Å². The molecule has 1 atom stereocenters. The Kier molecular flexibility index (Phi) is 3.59. The van der Waals surface area contributed by atoms with Crippen LogP contribution in [0.15, 0.2) is 18.2 Å². The van der Waals surface area contributed by atoms with Crippen LogP contribution in [0.4, 0.5) is 13.2 Å². The summed E-state index contributed by atoms with van der Waals surface area (Å²) in [7, 11) is 0. The van der Waals surface area contributed by atoms with Gasteiger partial charge in [0.1, 0.15) is 6.10 Å². The van der Waals surface area contributed by atoms with Gasteiger partial charge in [0.15, 0.2) is 0 Å². The molecule has 0 aliphatic rings. The zero-order valence-corrected chi connectivity index (χ0v) is 8.56. The van der Waals surface area contributed by atoms with Gasteiger partial charge in [-0.1, -0.05) is 17.7 Å². The van der Waals surface area contributed by atoms with Gasteiger partial charge in [0.05, 0.1) is 10.6 Å². The molecule has 1 unspecified atom stereocenters. The maximum absolute atomic E-state index is 12.3. The Hall–Kier alpha value is -0.780. The van der Waals surface area contributed by atoms with E-state index in [1.165, 1.54) is 12.1 Å². The van der Waals surface area contributed by atoms with Crippen LogP contribution in [0, 0.1) is 0 Å². The lowest BCUT2D eigenvalue weighted by molar-refractivity contribution is -0.137. The van der Waals surface area contributed by atoms with Crippen LogP contribution < -0.4 is 5.90 Å². The first-order valence-corrected chi connectivity index (χ1v) is 4.46. The van der Waals surface area contributed by atoms with Gasteiger partial charge in [0.2, 0.25) is 0 Å². The molecule has 0 radical (unpaired) electrons. The van der Waals surface area contributed by atoms with Crippen molar-refractivity contribution in [3.63, 3.8) is 0 Å². The molecule has 0 aliphatic carbocycles. The highest BCUT2D eigenvalue weighted by molar-refractivity contribution is 6.31. The fraction of sp³-hybridized carbons (Fsp3) is 0.333. The van der Waals surface area contributed by atoms with Crippen molar-refractivity contribution in [3.8, 4) is 0 Å². The van der Waals surface area contributed by atoms with Crippen molar-refractivity contribution in [1.29, 1.82) is 0 Å². The van der Waals surface area contributed by atoms with E-state index >= 15 is 0 Å². The molecule has 0 aliphatic heterocycles. The highest BCUT2D eigenvalue weighted by atomic mass is 35.5. The molecule has 0 heterocycles. The van der Waals surface area contributed by atoms with Crippen molar-refractivity contribution in [2.45, 2.75) is 19.2 Å². The lowest BCUT2D eigenvalue weighted by Gasteiger charge is -2.13. The average Bonchev–Trinajstić information content (AvgIpc) is 2.14. The number of nitrogens with two attached hydrogens (primary N) is 1. The molecule has 2 N–H and O–H groups in total. The Balaban J connectivity index is 3.09. The monoisotopic (exact) mass is 239 g/mol. The maximum Gasteiger partial charge on any atom is 0.417 e. The van der Waals surface area contributed by atoms with Crippen LogP contribution in [-0.2, 0) is 11.0 Å². The first kappa shape index (κ1) is 12.3. The largest absolute Gasteiger partial charge is 0.417 e. The van der Waals surface area contributed by atoms with Crippen LogP contribution in [-0.4, -0.2) is 0 Å². The topological polar surface area (TPSA) is 35.2 Å². The van der Waals surface area contributed by atoms with Crippen LogP contribution >= 0.6 is 11.6 Å². The van der Waals surface area contributed by atoms with Gasteiger partial charge < -0.3 is 0 Å². The number of benzene rings is 1. The summed E-state index contributed by atoms with van der Waals surface area (Å²) >= 11 is 5.50. The Bertz CT molecular complexity index is 354. The van der Waals surface area contributed by atoms with E-state index in [-0.39, 0.29) is 5.02 Å². The van der Waals surface area contributed by atoms with Crippen molar-refractivity contribution in [3.05, 3.63) is 34.3 Å². The molecule has 84 valence electrons. The third-order valence-electron chi connectivity index (χ3n) is 1.97.